The number of aryl methyl sites for hydroxylation is 1. The number of methoxy groups -OCH3 is 1. The molecule has 2 aromatic rings. The van der Waals surface area contributed by atoms with Gasteiger partial charge in [-0.1, -0.05) is 29.8 Å². The first-order valence-electron chi connectivity index (χ1n) is 8.02. The lowest BCUT2D eigenvalue weighted by molar-refractivity contribution is 0.298. The number of likely N-dealkylation sites (N-methyl/N-ethyl adjacent to an activating group) is 1. The number of rotatable bonds is 6. The predicted octanol–water partition coefficient (Wildman–Crippen LogP) is 4.25. The van der Waals surface area contributed by atoms with Gasteiger partial charge in [0.2, 0.25) is 0 Å². The Morgan fingerprint density at radius 1 is 1.24 bits per heavy atom. The Bertz CT molecular complexity index is 736. The van der Waals surface area contributed by atoms with Crippen molar-refractivity contribution in [3.05, 3.63) is 58.6 Å². The van der Waals surface area contributed by atoms with E-state index in [2.05, 4.69) is 21.6 Å². The minimum Gasteiger partial charge on any atom is -0.497 e. The topological polar surface area (TPSA) is 36.5 Å². The molecular formula is C19H24ClN3OS. The van der Waals surface area contributed by atoms with Gasteiger partial charge in [-0.15, -0.1) is 0 Å². The summed E-state index contributed by atoms with van der Waals surface area (Å²) in [6.07, 6.45) is 0. The summed E-state index contributed by atoms with van der Waals surface area (Å²) >= 11 is 11.6. The zero-order chi connectivity index (χ0) is 18.4. The summed E-state index contributed by atoms with van der Waals surface area (Å²) in [6.45, 7) is 2.64. The highest BCUT2D eigenvalue weighted by atomic mass is 35.5. The standard InChI is InChI=1S/C19H24ClN3OS/c1-13-8-9-15(11-17(13)20)22-19(25)21-12-18(23(2)3)14-6-5-7-16(10-14)24-4/h5-11,18H,12H2,1-4H3,(H2,21,22,25)/t18-/m1/s1. The van der Waals surface area contributed by atoms with Crippen LogP contribution < -0.4 is 15.4 Å². The molecular weight excluding hydrogens is 354 g/mol. The van der Waals surface area contributed by atoms with Gasteiger partial charge in [0.1, 0.15) is 5.75 Å². The number of nitrogens with zero attached hydrogens (tertiary/aromatic N) is 1. The van der Waals surface area contributed by atoms with E-state index in [1.54, 1.807) is 7.11 Å². The molecule has 0 aliphatic carbocycles. The van der Waals surface area contributed by atoms with Gasteiger partial charge in [-0.25, -0.2) is 0 Å². The third-order valence-corrected chi connectivity index (χ3v) is 4.64. The van der Waals surface area contributed by atoms with E-state index in [1.807, 2.05) is 57.4 Å². The van der Waals surface area contributed by atoms with Crippen LogP contribution >= 0.6 is 23.8 Å². The van der Waals surface area contributed by atoms with Crippen molar-refractivity contribution >= 4 is 34.6 Å². The molecule has 0 aromatic heterocycles. The molecule has 1 atom stereocenters. The molecule has 0 unspecified atom stereocenters. The molecule has 0 saturated carbocycles. The SMILES string of the molecule is COc1cccc([C@@H](CNC(=S)Nc2ccc(C)c(Cl)c2)N(C)C)c1. The van der Waals surface area contributed by atoms with Gasteiger partial charge in [0, 0.05) is 17.3 Å². The predicted molar refractivity (Wildman–Crippen MR) is 110 cm³/mol. The number of thiocarbonyl (C=S) groups is 1. The van der Waals surface area contributed by atoms with Crippen molar-refractivity contribution in [2.75, 3.05) is 33.1 Å². The second-order valence-corrected chi connectivity index (χ2v) is 6.87. The fourth-order valence-electron chi connectivity index (χ4n) is 2.48. The Morgan fingerprint density at radius 2 is 2.00 bits per heavy atom. The highest BCUT2D eigenvalue weighted by Gasteiger charge is 2.15. The summed E-state index contributed by atoms with van der Waals surface area (Å²) in [5.41, 5.74) is 3.07. The second-order valence-electron chi connectivity index (χ2n) is 6.06. The second kappa shape index (κ2) is 9.04. The number of hydrogen-bond acceptors (Lipinski definition) is 3. The highest BCUT2D eigenvalue weighted by Crippen LogP contribution is 2.22. The van der Waals surface area contributed by atoms with Crippen LogP contribution in [0.4, 0.5) is 5.69 Å². The summed E-state index contributed by atoms with van der Waals surface area (Å²) in [6, 6.07) is 14.0. The fraction of sp³-hybridized carbons (Fsp3) is 0.316. The van der Waals surface area contributed by atoms with Crippen LogP contribution in [0, 0.1) is 6.92 Å². The van der Waals surface area contributed by atoms with Gasteiger partial charge in [-0.05, 0) is 68.6 Å². The number of nitrogens with one attached hydrogen (secondary N) is 2. The summed E-state index contributed by atoms with van der Waals surface area (Å²) in [7, 11) is 5.76. The largest absolute Gasteiger partial charge is 0.497 e. The zero-order valence-corrected chi connectivity index (χ0v) is 16.5. The van der Waals surface area contributed by atoms with Gasteiger partial charge >= 0.3 is 0 Å². The lowest BCUT2D eigenvalue weighted by Gasteiger charge is -2.26. The molecule has 6 heteroatoms. The van der Waals surface area contributed by atoms with E-state index in [-0.39, 0.29) is 6.04 Å². The lowest BCUT2D eigenvalue weighted by atomic mass is 10.1. The first-order valence-corrected chi connectivity index (χ1v) is 8.80. The minimum atomic E-state index is 0.163. The fourth-order valence-corrected chi connectivity index (χ4v) is 2.86. The van der Waals surface area contributed by atoms with E-state index in [4.69, 9.17) is 28.6 Å². The van der Waals surface area contributed by atoms with Gasteiger partial charge in [-0.2, -0.15) is 0 Å². The third kappa shape index (κ3) is 5.59. The van der Waals surface area contributed by atoms with Crippen molar-refractivity contribution in [3.8, 4) is 5.75 Å². The van der Waals surface area contributed by atoms with Gasteiger partial charge < -0.3 is 20.3 Å². The monoisotopic (exact) mass is 377 g/mol. The Hall–Kier alpha value is -1.82. The van der Waals surface area contributed by atoms with Gasteiger partial charge in [-0.3, -0.25) is 0 Å². The first kappa shape index (κ1) is 19.5. The smallest absolute Gasteiger partial charge is 0.170 e. The molecule has 0 radical (unpaired) electrons. The third-order valence-electron chi connectivity index (χ3n) is 3.99. The molecule has 0 aliphatic rings. The molecule has 25 heavy (non-hydrogen) atoms. The maximum absolute atomic E-state index is 6.15. The van der Waals surface area contributed by atoms with Gasteiger partial charge in [0.15, 0.2) is 5.11 Å². The van der Waals surface area contributed by atoms with Crippen LogP contribution in [0.5, 0.6) is 5.75 Å². The maximum Gasteiger partial charge on any atom is 0.170 e. The highest BCUT2D eigenvalue weighted by molar-refractivity contribution is 7.80. The first-order chi connectivity index (χ1) is 11.9. The van der Waals surface area contributed by atoms with E-state index in [0.29, 0.717) is 11.7 Å². The molecule has 0 spiro atoms. The normalized spacial score (nSPS) is 11.9. The van der Waals surface area contributed by atoms with Crippen LogP contribution in [0.25, 0.3) is 0 Å². The van der Waals surface area contributed by atoms with Crippen LogP contribution in [0.1, 0.15) is 17.2 Å². The average Bonchev–Trinajstić information content (AvgIpc) is 2.58. The van der Waals surface area contributed by atoms with E-state index in [0.717, 1.165) is 27.6 Å². The van der Waals surface area contributed by atoms with E-state index < -0.39 is 0 Å². The maximum atomic E-state index is 6.15. The molecule has 0 saturated heterocycles. The van der Waals surface area contributed by atoms with Crippen molar-refractivity contribution in [1.29, 1.82) is 0 Å². The number of halogens is 1. The van der Waals surface area contributed by atoms with Crippen molar-refractivity contribution < 1.29 is 4.74 Å². The van der Waals surface area contributed by atoms with Crippen LogP contribution in [-0.2, 0) is 0 Å². The summed E-state index contributed by atoms with van der Waals surface area (Å²) in [4.78, 5) is 2.15. The number of ether oxygens (including phenoxy) is 1. The Kier molecular flexibility index (Phi) is 7.05. The van der Waals surface area contributed by atoms with Crippen molar-refractivity contribution in [2.45, 2.75) is 13.0 Å². The molecule has 134 valence electrons. The van der Waals surface area contributed by atoms with Crippen molar-refractivity contribution in [1.82, 2.24) is 10.2 Å². The lowest BCUT2D eigenvalue weighted by Crippen LogP contribution is -2.36. The minimum absolute atomic E-state index is 0.163. The molecule has 0 fully saturated rings. The molecule has 2 N–H and O–H groups in total. The van der Waals surface area contributed by atoms with E-state index in [9.17, 15) is 0 Å². The summed E-state index contributed by atoms with van der Waals surface area (Å²) < 4.78 is 5.32. The summed E-state index contributed by atoms with van der Waals surface area (Å²) in [5.74, 6) is 0.847. The molecule has 2 aromatic carbocycles. The van der Waals surface area contributed by atoms with Crippen molar-refractivity contribution in [2.24, 2.45) is 0 Å². The Labute approximate surface area is 160 Å². The van der Waals surface area contributed by atoms with E-state index in [1.165, 1.54) is 0 Å². The Balaban J connectivity index is 2.00. The number of hydrogen-bond donors (Lipinski definition) is 2. The Morgan fingerprint density at radius 3 is 2.64 bits per heavy atom. The van der Waals surface area contributed by atoms with E-state index >= 15 is 0 Å². The summed E-state index contributed by atoms with van der Waals surface area (Å²) in [5, 5.41) is 7.73. The molecule has 0 amide bonds. The quantitative estimate of drug-likeness (QED) is 0.736. The van der Waals surface area contributed by atoms with Crippen LogP contribution in [0.2, 0.25) is 5.02 Å². The van der Waals surface area contributed by atoms with Crippen LogP contribution in [0.15, 0.2) is 42.5 Å². The zero-order valence-electron chi connectivity index (χ0n) is 15.0. The number of benzene rings is 2. The van der Waals surface area contributed by atoms with Gasteiger partial charge in [0.25, 0.3) is 0 Å². The van der Waals surface area contributed by atoms with Crippen LogP contribution in [0.3, 0.4) is 0 Å². The van der Waals surface area contributed by atoms with Crippen molar-refractivity contribution in [3.63, 3.8) is 0 Å². The molecule has 4 nitrogen and oxygen atoms in total. The number of anilines is 1. The average molecular weight is 378 g/mol. The van der Waals surface area contributed by atoms with Gasteiger partial charge in [0.05, 0.1) is 13.2 Å². The molecule has 0 aliphatic heterocycles. The molecule has 0 heterocycles. The molecule has 2 rings (SSSR count). The molecule has 0 bridgehead atoms. The van der Waals surface area contributed by atoms with Crippen LogP contribution in [-0.4, -0.2) is 37.8 Å².